The molecule has 1 aromatic carbocycles. The number of hydrogen-bond acceptors (Lipinski definition) is 5. The Morgan fingerprint density at radius 1 is 1.48 bits per heavy atom. The molecule has 0 aromatic heterocycles. The fourth-order valence-corrected chi connectivity index (χ4v) is 5.10. The van der Waals surface area contributed by atoms with E-state index in [2.05, 4.69) is 20.7 Å². The van der Waals surface area contributed by atoms with Gasteiger partial charge in [-0.05, 0) is 46.7 Å². The molecule has 0 bridgehead atoms. The van der Waals surface area contributed by atoms with Gasteiger partial charge in [0.2, 0.25) is 10.0 Å². The highest BCUT2D eigenvalue weighted by atomic mass is 79.9. The number of rotatable bonds is 5. The predicted molar refractivity (Wildman–Crippen MR) is 90.4 cm³/mol. The van der Waals surface area contributed by atoms with Crippen molar-refractivity contribution in [2.24, 2.45) is 0 Å². The number of benzene rings is 1. The quantitative estimate of drug-likeness (QED) is 0.749. The molecule has 21 heavy (non-hydrogen) atoms. The van der Waals surface area contributed by atoms with E-state index in [0.29, 0.717) is 22.0 Å². The maximum absolute atomic E-state index is 12.4. The van der Waals surface area contributed by atoms with Gasteiger partial charge in [0, 0.05) is 22.0 Å². The largest absolute Gasteiger partial charge is 0.495 e. The molecular formula is C13H19BrN2O3S2. The molecule has 1 atom stereocenters. The summed E-state index contributed by atoms with van der Waals surface area (Å²) in [6.07, 6.45) is 3.42. The number of thioether (sulfide) groups is 1. The van der Waals surface area contributed by atoms with Crippen LogP contribution in [0.4, 0.5) is 5.69 Å². The van der Waals surface area contributed by atoms with Crippen molar-refractivity contribution >= 4 is 43.4 Å². The van der Waals surface area contributed by atoms with Crippen molar-refractivity contribution in [2.75, 3.05) is 25.1 Å². The van der Waals surface area contributed by atoms with E-state index in [1.54, 1.807) is 6.07 Å². The molecule has 1 fully saturated rings. The first-order chi connectivity index (χ1) is 9.94. The van der Waals surface area contributed by atoms with Gasteiger partial charge >= 0.3 is 0 Å². The number of ether oxygens (including phenoxy) is 1. The predicted octanol–water partition coefficient (Wildman–Crippen LogP) is 2.60. The van der Waals surface area contributed by atoms with Gasteiger partial charge in [-0.15, -0.1) is 0 Å². The van der Waals surface area contributed by atoms with Gasteiger partial charge in [0.05, 0.1) is 7.11 Å². The fraction of sp³-hybridized carbons (Fsp3) is 0.538. The third kappa shape index (κ3) is 4.28. The van der Waals surface area contributed by atoms with Crippen molar-refractivity contribution in [1.29, 1.82) is 0 Å². The molecule has 3 N–H and O–H groups in total. The number of nitrogen functional groups attached to an aromatic ring is 1. The molecule has 0 aliphatic carbocycles. The summed E-state index contributed by atoms with van der Waals surface area (Å²) < 4.78 is 33.3. The maximum Gasteiger partial charge on any atom is 0.244 e. The van der Waals surface area contributed by atoms with Crippen LogP contribution >= 0.6 is 27.7 Å². The molecule has 1 saturated heterocycles. The summed E-state index contributed by atoms with van der Waals surface area (Å²) in [6.45, 7) is 0.437. The van der Waals surface area contributed by atoms with Gasteiger partial charge in [-0.3, -0.25) is 0 Å². The van der Waals surface area contributed by atoms with E-state index in [9.17, 15) is 8.42 Å². The standard InChI is InChI=1S/C13H19BrN2O3S2/c1-19-12-6-10(14)11(15)7-13(12)21(17,18)16-8-9-4-2-3-5-20-9/h6-7,9,16H,2-5,8,15H2,1H3. The fourth-order valence-electron chi connectivity index (χ4n) is 2.17. The van der Waals surface area contributed by atoms with Crippen molar-refractivity contribution in [1.82, 2.24) is 4.72 Å². The number of sulfonamides is 1. The molecular weight excluding hydrogens is 376 g/mol. The Morgan fingerprint density at radius 3 is 2.86 bits per heavy atom. The van der Waals surface area contributed by atoms with Crippen molar-refractivity contribution in [3.05, 3.63) is 16.6 Å². The summed E-state index contributed by atoms with van der Waals surface area (Å²) in [5.41, 5.74) is 6.15. The zero-order valence-electron chi connectivity index (χ0n) is 11.8. The molecule has 0 saturated carbocycles. The van der Waals surface area contributed by atoms with Crippen LogP contribution in [0, 0.1) is 0 Å². The Balaban J connectivity index is 2.16. The highest BCUT2D eigenvalue weighted by Crippen LogP contribution is 2.32. The number of hydrogen-bond donors (Lipinski definition) is 2. The van der Waals surface area contributed by atoms with Crippen molar-refractivity contribution in [3.8, 4) is 5.75 Å². The molecule has 118 valence electrons. The zero-order chi connectivity index (χ0) is 15.5. The van der Waals surface area contributed by atoms with Crippen LogP contribution in [-0.2, 0) is 10.0 Å². The second-order valence-corrected chi connectivity index (χ2v) is 8.86. The molecule has 1 heterocycles. The van der Waals surface area contributed by atoms with Crippen molar-refractivity contribution in [3.63, 3.8) is 0 Å². The number of nitrogens with one attached hydrogen (secondary N) is 1. The molecule has 1 unspecified atom stereocenters. The van der Waals surface area contributed by atoms with E-state index in [4.69, 9.17) is 10.5 Å². The Labute approximate surface area is 138 Å². The summed E-state index contributed by atoms with van der Waals surface area (Å²) in [5, 5.41) is 0.340. The summed E-state index contributed by atoms with van der Waals surface area (Å²) in [5.74, 6) is 1.38. The van der Waals surface area contributed by atoms with Gasteiger partial charge in [0.25, 0.3) is 0 Å². The van der Waals surface area contributed by atoms with Crippen LogP contribution in [0.5, 0.6) is 5.75 Å². The average Bonchev–Trinajstić information content (AvgIpc) is 2.48. The highest BCUT2D eigenvalue weighted by Gasteiger charge is 2.23. The van der Waals surface area contributed by atoms with Crippen molar-refractivity contribution in [2.45, 2.75) is 29.4 Å². The van der Waals surface area contributed by atoms with Crippen LogP contribution in [-0.4, -0.2) is 33.1 Å². The number of anilines is 1. The second kappa shape index (κ2) is 7.21. The Kier molecular flexibility index (Phi) is 5.81. The average molecular weight is 395 g/mol. The lowest BCUT2D eigenvalue weighted by atomic mass is 10.2. The summed E-state index contributed by atoms with van der Waals surface area (Å²) >= 11 is 5.09. The molecule has 5 nitrogen and oxygen atoms in total. The van der Waals surface area contributed by atoms with Gasteiger partial charge in [-0.1, -0.05) is 6.42 Å². The smallest absolute Gasteiger partial charge is 0.244 e. The highest BCUT2D eigenvalue weighted by molar-refractivity contribution is 9.10. The topological polar surface area (TPSA) is 81.4 Å². The van der Waals surface area contributed by atoms with Gasteiger partial charge in [-0.2, -0.15) is 11.8 Å². The molecule has 0 radical (unpaired) electrons. The van der Waals surface area contributed by atoms with Crippen LogP contribution in [0.15, 0.2) is 21.5 Å². The van der Waals surface area contributed by atoms with Gasteiger partial charge in [0.1, 0.15) is 10.6 Å². The number of halogens is 1. The van der Waals surface area contributed by atoms with Crippen LogP contribution in [0.1, 0.15) is 19.3 Å². The van der Waals surface area contributed by atoms with Crippen LogP contribution in [0.2, 0.25) is 0 Å². The molecule has 1 aliphatic heterocycles. The monoisotopic (exact) mass is 394 g/mol. The molecule has 0 amide bonds. The normalized spacial score (nSPS) is 19.4. The summed E-state index contributed by atoms with van der Waals surface area (Å²) in [4.78, 5) is 0.0755. The van der Waals surface area contributed by atoms with E-state index < -0.39 is 10.0 Å². The minimum atomic E-state index is -3.63. The Hall–Kier alpha value is -0.440. The summed E-state index contributed by atoms with van der Waals surface area (Å²) in [6, 6.07) is 2.98. The van der Waals surface area contributed by atoms with E-state index >= 15 is 0 Å². The zero-order valence-corrected chi connectivity index (χ0v) is 15.0. The van der Waals surface area contributed by atoms with E-state index in [1.165, 1.54) is 19.6 Å². The molecule has 0 spiro atoms. The molecule has 2 rings (SSSR count). The maximum atomic E-state index is 12.4. The lowest BCUT2D eigenvalue weighted by Gasteiger charge is -2.21. The molecule has 8 heteroatoms. The lowest BCUT2D eigenvalue weighted by molar-refractivity contribution is 0.402. The third-order valence-electron chi connectivity index (χ3n) is 3.35. The van der Waals surface area contributed by atoms with Crippen LogP contribution in [0.25, 0.3) is 0 Å². The van der Waals surface area contributed by atoms with Gasteiger partial charge < -0.3 is 10.5 Å². The minimum Gasteiger partial charge on any atom is -0.495 e. The first-order valence-electron chi connectivity index (χ1n) is 6.68. The molecule has 1 aliphatic rings. The number of nitrogens with two attached hydrogens (primary N) is 1. The number of methoxy groups -OCH3 is 1. The van der Waals surface area contributed by atoms with E-state index in [1.807, 2.05) is 11.8 Å². The minimum absolute atomic E-state index is 0.0755. The Bertz CT molecular complexity index is 602. The van der Waals surface area contributed by atoms with E-state index in [0.717, 1.165) is 18.6 Å². The van der Waals surface area contributed by atoms with Crippen LogP contribution in [0.3, 0.4) is 0 Å². The molecule has 1 aromatic rings. The first-order valence-corrected chi connectivity index (χ1v) is 10.0. The van der Waals surface area contributed by atoms with E-state index in [-0.39, 0.29) is 10.6 Å². The van der Waals surface area contributed by atoms with Gasteiger partial charge in [0.15, 0.2) is 0 Å². The van der Waals surface area contributed by atoms with Crippen molar-refractivity contribution < 1.29 is 13.2 Å². The lowest BCUT2D eigenvalue weighted by Crippen LogP contribution is -2.32. The van der Waals surface area contributed by atoms with Crippen LogP contribution < -0.4 is 15.2 Å². The summed E-state index contributed by atoms with van der Waals surface area (Å²) in [7, 11) is -2.19. The SMILES string of the molecule is COc1cc(Br)c(N)cc1S(=O)(=O)NCC1CCCCS1. The second-order valence-electron chi connectivity index (χ2n) is 4.87. The van der Waals surface area contributed by atoms with Gasteiger partial charge in [-0.25, -0.2) is 13.1 Å². The Morgan fingerprint density at radius 2 is 2.24 bits per heavy atom. The third-order valence-corrected chi connectivity index (χ3v) is 6.88. The first kappa shape index (κ1) is 16.9.